The molecule has 1 unspecified atom stereocenters. The molecule has 1 amide bonds. The Balaban J connectivity index is 0.00000210. The predicted molar refractivity (Wildman–Crippen MR) is 109 cm³/mol. The third-order valence-electron chi connectivity index (χ3n) is 5.51. The fourth-order valence-electron chi connectivity index (χ4n) is 4.09. The van der Waals surface area contributed by atoms with Gasteiger partial charge in [0, 0.05) is 19.2 Å². The lowest BCUT2D eigenvalue weighted by atomic mass is 9.85. The van der Waals surface area contributed by atoms with Gasteiger partial charge in [0.2, 0.25) is 0 Å². The number of rotatable bonds is 6. The van der Waals surface area contributed by atoms with E-state index in [1.165, 1.54) is 30.4 Å². The van der Waals surface area contributed by atoms with Crippen LogP contribution in [0.25, 0.3) is 0 Å². The van der Waals surface area contributed by atoms with E-state index in [1.54, 1.807) is 6.20 Å². The number of benzene rings is 1. The first-order chi connectivity index (χ1) is 12.8. The molecule has 4 rings (SSSR count). The lowest BCUT2D eigenvalue weighted by Gasteiger charge is -2.40. The van der Waals surface area contributed by atoms with E-state index < -0.39 is 0 Å². The second-order valence-electron chi connectivity index (χ2n) is 7.24. The Morgan fingerprint density at radius 1 is 1.22 bits per heavy atom. The standard InChI is InChI=1S/C22H26N2O2.ClH/c1-2-3-4-5-13-26-17-8-9-18-16(14-17)10-12-24-21(18)15-20-19(22(24)25)7-6-11-23-20;/h6-9,11,14,21H,2-5,10,12-13,15H2,1H3;1H. The molecule has 2 aromatic rings. The topological polar surface area (TPSA) is 42.4 Å². The predicted octanol–water partition coefficient (Wildman–Crippen LogP) is 4.76. The van der Waals surface area contributed by atoms with Gasteiger partial charge in [0.25, 0.3) is 5.91 Å². The van der Waals surface area contributed by atoms with Crippen LogP contribution in [0.3, 0.4) is 0 Å². The Labute approximate surface area is 167 Å². The number of fused-ring (bicyclic) bond motifs is 4. The number of carbonyl (C=O) groups is 1. The molecule has 4 nitrogen and oxygen atoms in total. The second-order valence-corrected chi connectivity index (χ2v) is 7.24. The van der Waals surface area contributed by atoms with Gasteiger partial charge >= 0.3 is 0 Å². The molecule has 0 radical (unpaired) electrons. The molecule has 27 heavy (non-hydrogen) atoms. The fraction of sp³-hybridized carbons (Fsp3) is 0.455. The van der Waals surface area contributed by atoms with Crippen molar-refractivity contribution in [1.29, 1.82) is 0 Å². The van der Waals surface area contributed by atoms with Crippen molar-refractivity contribution in [2.75, 3.05) is 13.2 Å². The van der Waals surface area contributed by atoms with E-state index in [9.17, 15) is 4.79 Å². The molecule has 0 saturated heterocycles. The van der Waals surface area contributed by atoms with Gasteiger partial charge in [0.15, 0.2) is 0 Å². The Morgan fingerprint density at radius 2 is 2.11 bits per heavy atom. The first-order valence-corrected chi connectivity index (χ1v) is 9.78. The molecule has 0 saturated carbocycles. The minimum absolute atomic E-state index is 0. The van der Waals surface area contributed by atoms with E-state index in [1.807, 2.05) is 17.0 Å². The van der Waals surface area contributed by atoms with Crippen LogP contribution in [-0.4, -0.2) is 28.9 Å². The zero-order chi connectivity index (χ0) is 17.9. The van der Waals surface area contributed by atoms with E-state index in [4.69, 9.17) is 4.74 Å². The Hall–Kier alpha value is -2.07. The Bertz CT molecular complexity index is 809. The van der Waals surface area contributed by atoms with Gasteiger partial charge in [0.1, 0.15) is 5.75 Å². The van der Waals surface area contributed by atoms with Crippen LogP contribution in [-0.2, 0) is 12.8 Å². The van der Waals surface area contributed by atoms with E-state index in [2.05, 4.69) is 30.1 Å². The first-order valence-electron chi connectivity index (χ1n) is 9.78. The third-order valence-corrected chi connectivity index (χ3v) is 5.51. The quantitative estimate of drug-likeness (QED) is 0.672. The van der Waals surface area contributed by atoms with Crippen molar-refractivity contribution in [3.63, 3.8) is 0 Å². The van der Waals surface area contributed by atoms with Crippen molar-refractivity contribution in [3.05, 3.63) is 58.9 Å². The van der Waals surface area contributed by atoms with E-state index >= 15 is 0 Å². The molecule has 5 heteroatoms. The van der Waals surface area contributed by atoms with Gasteiger partial charge in [-0.15, -0.1) is 12.4 Å². The van der Waals surface area contributed by atoms with Crippen LogP contribution in [0.4, 0.5) is 0 Å². The number of carbonyl (C=O) groups excluding carboxylic acids is 1. The number of ether oxygens (including phenoxy) is 1. The summed E-state index contributed by atoms with van der Waals surface area (Å²) in [6, 6.07) is 10.2. The van der Waals surface area contributed by atoms with E-state index in [-0.39, 0.29) is 24.4 Å². The van der Waals surface area contributed by atoms with Crippen LogP contribution in [0.5, 0.6) is 5.75 Å². The number of halogens is 1. The summed E-state index contributed by atoms with van der Waals surface area (Å²) in [5.74, 6) is 1.07. The van der Waals surface area contributed by atoms with Gasteiger partial charge < -0.3 is 9.64 Å². The summed E-state index contributed by atoms with van der Waals surface area (Å²) in [4.78, 5) is 19.3. The second kappa shape index (κ2) is 8.75. The monoisotopic (exact) mass is 386 g/mol. The van der Waals surface area contributed by atoms with Crippen molar-refractivity contribution in [2.24, 2.45) is 0 Å². The maximum Gasteiger partial charge on any atom is 0.256 e. The highest BCUT2D eigenvalue weighted by atomic mass is 35.5. The first kappa shape index (κ1) is 19.7. The number of amides is 1. The van der Waals surface area contributed by atoms with E-state index in [0.29, 0.717) is 0 Å². The van der Waals surface area contributed by atoms with Gasteiger partial charge in [-0.2, -0.15) is 0 Å². The molecule has 0 fully saturated rings. The number of hydrogen-bond acceptors (Lipinski definition) is 3. The minimum atomic E-state index is 0. The minimum Gasteiger partial charge on any atom is -0.494 e. The fourth-order valence-corrected chi connectivity index (χ4v) is 4.09. The highest BCUT2D eigenvalue weighted by Gasteiger charge is 2.37. The van der Waals surface area contributed by atoms with Crippen LogP contribution in [0.1, 0.15) is 65.8 Å². The van der Waals surface area contributed by atoms with Gasteiger partial charge in [-0.05, 0) is 48.2 Å². The van der Waals surface area contributed by atoms with Crippen molar-refractivity contribution >= 4 is 18.3 Å². The average Bonchev–Trinajstić information content (AvgIpc) is 2.68. The van der Waals surface area contributed by atoms with Crippen LogP contribution in [0.15, 0.2) is 36.5 Å². The van der Waals surface area contributed by atoms with Crippen LogP contribution < -0.4 is 4.74 Å². The summed E-state index contributed by atoms with van der Waals surface area (Å²) in [6.45, 7) is 3.77. The normalized spacial score (nSPS) is 17.4. The maximum absolute atomic E-state index is 12.8. The summed E-state index contributed by atoms with van der Waals surface area (Å²) >= 11 is 0. The summed E-state index contributed by atoms with van der Waals surface area (Å²) in [5, 5.41) is 0. The zero-order valence-electron chi connectivity index (χ0n) is 15.8. The molecule has 1 aromatic heterocycles. The van der Waals surface area contributed by atoms with Gasteiger partial charge in [0.05, 0.1) is 23.9 Å². The van der Waals surface area contributed by atoms with Gasteiger partial charge in [-0.3, -0.25) is 9.78 Å². The molecule has 0 N–H and O–H groups in total. The van der Waals surface area contributed by atoms with Crippen LogP contribution in [0, 0.1) is 0 Å². The molecular formula is C22H27ClN2O2. The number of unbranched alkanes of at least 4 members (excludes halogenated alkanes) is 3. The molecule has 0 bridgehead atoms. The highest BCUT2D eigenvalue weighted by molar-refractivity contribution is 5.96. The largest absolute Gasteiger partial charge is 0.494 e. The molecule has 1 atom stereocenters. The smallest absolute Gasteiger partial charge is 0.256 e. The molecule has 0 aliphatic carbocycles. The van der Waals surface area contributed by atoms with Crippen molar-refractivity contribution in [1.82, 2.24) is 9.88 Å². The van der Waals surface area contributed by atoms with E-state index in [0.717, 1.165) is 49.4 Å². The molecular weight excluding hydrogens is 360 g/mol. The summed E-state index contributed by atoms with van der Waals surface area (Å²) < 4.78 is 5.94. The van der Waals surface area contributed by atoms with Gasteiger partial charge in [-0.25, -0.2) is 0 Å². The summed E-state index contributed by atoms with van der Waals surface area (Å²) in [7, 11) is 0. The lowest BCUT2D eigenvalue weighted by Crippen LogP contribution is -2.44. The van der Waals surface area contributed by atoms with Gasteiger partial charge in [-0.1, -0.05) is 32.3 Å². The molecule has 1 aromatic carbocycles. The molecule has 2 aliphatic heterocycles. The number of pyridine rings is 1. The summed E-state index contributed by atoms with van der Waals surface area (Å²) in [6.07, 6.45) is 8.32. The van der Waals surface area contributed by atoms with Crippen LogP contribution >= 0.6 is 12.4 Å². The maximum atomic E-state index is 12.8. The number of aromatic nitrogens is 1. The Morgan fingerprint density at radius 3 is 2.96 bits per heavy atom. The molecule has 3 heterocycles. The number of nitrogens with zero attached hydrogens (tertiary/aromatic N) is 2. The molecule has 0 spiro atoms. The SMILES string of the molecule is CCCCCCOc1ccc2c(c1)CCN1C(=O)c3cccnc3CC21.Cl. The summed E-state index contributed by atoms with van der Waals surface area (Å²) in [5.41, 5.74) is 4.24. The molecule has 2 aliphatic rings. The van der Waals surface area contributed by atoms with Crippen LogP contribution in [0.2, 0.25) is 0 Å². The highest BCUT2D eigenvalue weighted by Crippen LogP contribution is 2.38. The lowest BCUT2D eigenvalue weighted by molar-refractivity contribution is 0.0628. The third kappa shape index (κ3) is 3.96. The average molecular weight is 387 g/mol. The Kier molecular flexibility index (Phi) is 6.38. The van der Waals surface area contributed by atoms with Crippen molar-refractivity contribution < 1.29 is 9.53 Å². The number of hydrogen-bond donors (Lipinski definition) is 0. The van der Waals surface area contributed by atoms with Crippen molar-refractivity contribution in [3.8, 4) is 5.75 Å². The van der Waals surface area contributed by atoms with Crippen molar-refractivity contribution in [2.45, 2.75) is 51.5 Å². The zero-order valence-corrected chi connectivity index (χ0v) is 16.6. The molecule has 144 valence electrons.